The van der Waals surface area contributed by atoms with E-state index < -0.39 is 4.92 Å². The summed E-state index contributed by atoms with van der Waals surface area (Å²) in [5, 5.41) is 13.8. The maximum atomic E-state index is 12.3. The van der Waals surface area contributed by atoms with Gasteiger partial charge in [-0.3, -0.25) is 24.8 Å². The molecular weight excluding hydrogens is 332 g/mol. The average molecular weight is 354 g/mol. The highest BCUT2D eigenvalue weighted by molar-refractivity contribution is 5.94. The lowest BCUT2D eigenvalue weighted by atomic mass is 9.93. The first-order chi connectivity index (χ1) is 12.5. The van der Waals surface area contributed by atoms with Crippen molar-refractivity contribution in [2.75, 3.05) is 25.0 Å². The van der Waals surface area contributed by atoms with Crippen molar-refractivity contribution < 1.29 is 9.72 Å². The lowest BCUT2D eigenvalue weighted by Crippen LogP contribution is -2.38. The van der Waals surface area contributed by atoms with E-state index in [-0.39, 0.29) is 23.8 Å². The SMILES string of the molecule is Cc1ccc([N+](=O)[O-])c(NC(=O)CN2CCC(c3ccccn3)CC2)c1. The van der Waals surface area contributed by atoms with Crippen LogP contribution in [0.25, 0.3) is 0 Å². The minimum atomic E-state index is -0.479. The van der Waals surface area contributed by atoms with Gasteiger partial charge in [0.05, 0.1) is 11.5 Å². The Labute approximate surface area is 152 Å². The molecule has 2 heterocycles. The summed E-state index contributed by atoms with van der Waals surface area (Å²) in [4.78, 5) is 29.5. The van der Waals surface area contributed by atoms with Crippen LogP contribution in [0.3, 0.4) is 0 Å². The number of nitrogens with one attached hydrogen (secondary N) is 1. The molecule has 1 aromatic heterocycles. The van der Waals surface area contributed by atoms with Crippen LogP contribution in [0.1, 0.15) is 30.0 Å². The summed E-state index contributed by atoms with van der Waals surface area (Å²) in [7, 11) is 0. The van der Waals surface area contributed by atoms with Crippen molar-refractivity contribution >= 4 is 17.3 Å². The molecular formula is C19H22N4O3. The second-order valence-corrected chi connectivity index (χ2v) is 6.63. The zero-order valence-electron chi connectivity index (χ0n) is 14.7. The molecule has 136 valence electrons. The van der Waals surface area contributed by atoms with Crippen LogP contribution in [-0.2, 0) is 4.79 Å². The number of carbonyl (C=O) groups excluding carboxylic acids is 1. The Kier molecular flexibility index (Phi) is 5.58. The third-order valence-corrected chi connectivity index (χ3v) is 4.68. The molecule has 0 radical (unpaired) electrons. The molecule has 0 saturated carbocycles. The minimum Gasteiger partial charge on any atom is -0.319 e. The maximum Gasteiger partial charge on any atom is 0.292 e. The van der Waals surface area contributed by atoms with Crippen LogP contribution >= 0.6 is 0 Å². The maximum absolute atomic E-state index is 12.3. The van der Waals surface area contributed by atoms with Crippen LogP contribution in [0.15, 0.2) is 42.6 Å². The van der Waals surface area contributed by atoms with Gasteiger partial charge in [0.1, 0.15) is 5.69 Å². The molecule has 3 rings (SSSR count). The molecule has 1 aromatic carbocycles. The molecule has 0 aliphatic carbocycles. The van der Waals surface area contributed by atoms with E-state index in [4.69, 9.17) is 0 Å². The van der Waals surface area contributed by atoms with Crippen molar-refractivity contribution in [1.29, 1.82) is 0 Å². The van der Waals surface area contributed by atoms with E-state index in [0.29, 0.717) is 5.92 Å². The number of aryl methyl sites for hydroxylation is 1. The number of aromatic nitrogens is 1. The first kappa shape index (κ1) is 18.0. The number of nitro groups is 1. The molecule has 1 saturated heterocycles. The van der Waals surface area contributed by atoms with Gasteiger partial charge >= 0.3 is 0 Å². The molecule has 0 spiro atoms. The smallest absolute Gasteiger partial charge is 0.292 e. The van der Waals surface area contributed by atoms with Crippen molar-refractivity contribution in [2.24, 2.45) is 0 Å². The van der Waals surface area contributed by atoms with Gasteiger partial charge in [-0.15, -0.1) is 0 Å². The summed E-state index contributed by atoms with van der Waals surface area (Å²) in [5.74, 6) is 0.198. The van der Waals surface area contributed by atoms with Gasteiger partial charge in [0.2, 0.25) is 5.91 Å². The van der Waals surface area contributed by atoms with Gasteiger partial charge < -0.3 is 5.32 Å². The molecule has 1 N–H and O–H groups in total. The molecule has 1 amide bonds. The Morgan fingerprint density at radius 2 is 2.08 bits per heavy atom. The normalized spacial score (nSPS) is 15.6. The lowest BCUT2D eigenvalue weighted by Gasteiger charge is -2.31. The molecule has 1 aliphatic rings. The Balaban J connectivity index is 1.55. The highest BCUT2D eigenvalue weighted by Gasteiger charge is 2.23. The molecule has 0 atom stereocenters. The lowest BCUT2D eigenvalue weighted by molar-refractivity contribution is -0.383. The number of nitro benzene ring substituents is 1. The first-order valence-electron chi connectivity index (χ1n) is 8.71. The van der Waals surface area contributed by atoms with Crippen molar-refractivity contribution in [3.63, 3.8) is 0 Å². The number of benzene rings is 1. The van der Waals surface area contributed by atoms with E-state index >= 15 is 0 Å². The minimum absolute atomic E-state index is 0.0854. The second-order valence-electron chi connectivity index (χ2n) is 6.63. The number of likely N-dealkylation sites (tertiary alicyclic amines) is 1. The fraction of sp³-hybridized carbons (Fsp3) is 0.368. The van der Waals surface area contributed by atoms with Crippen LogP contribution in [0.2, 0.25) is 0 Å². The third kappa shape index (κ3) is 4.43. The number of nitrogens with zero attached hydrogens (tertiary/aromatic N) is 3. The summed E-state index contributed by atoms with van der Waals surface area (Å²) in [6, 6.07) is 10.7. The Morgan fingerprint density at radius 1 is 1.31 bits per heavy atom. The van der Waals surface area contributed by atoms with E-state index in [2.05, 4.69) is 15.2 Å². The van der Waals surface area contributed by atoms with Crippen LogP contribution in [-0.4, -0.2) is 40.3 Å². The van der Waals surface area contributed by atoms with Gasteiger partial charge in [-0.1, -0.05) is 12.1 Å². The largest absolute Gasteiger partial charge is 0.319 e. The number of pyridine rings is 1. The van der Waals surface area contributed by atoms with Crippen molar-refractivity contribution in [3.8, 4) is 0 Å². The van der Waals surface area contributed by atoms with E-state index in [1.54, 1.807) is 12.1 Å². The topological polar surface area (TPSA) is 88.4 Å². The monoisotopic (exact) mass is 354 g/mol. The highest BCUT2D eigenvalue weighted by Crippen LogP contribution is 2.27. The number of rotatable bonds is 5. The van der Waals surface area contributed by atoms with Crippen LogP contribution in [0.5, 0.6) is 0 Å². The summed E-state index contributed by atoms with van der Waals surface area (Å²) < 4.78 is 0. The zero-order valence-corrected chi connectivity index (χ0v) is 14.7. The van der Waals surface area contributed by atoms with Crippen molar-refractivity contribution in [3.05, 3.63) is 64.0 Å². The quantitative estimate of drug-likeness (QED) is 0.658. The van der Waals surface area contributed by atoms with E-state index in [1.807, 2.05) is 31.3 Å². The summed E-state index contributed by atoms with van der Waals surface area (Å²) in [6.45, 7) is 3.69. The molecule has 26 heavy (non-hydrogen) atoms. The Hall–Kier alpha value is -2.80. The standard InChI is InChI=1S/C19H22N4O3/c1-14-5-6-18(23(25)26)17(12-14)21-19(24)13-22-10-7-15(8-11-22)16-4-2-3-9-20-16/h2-6,9,12,15H,7-8,10-11,13H2,1H3,(H,21,24). The number of amides is 1. The fourth-order valence-corrected chi connectivity index (χ4v) is 3.31. The second kappa shape index (κ2) is 8.05. The molecule has 0 bridgehead atoms. The van der Waals surface area contributed by atoms with Crippen LogP contribution < -0.4 is 5.32 Å². The van der Waals surface area contributed by atoms with Crippen molar-refractivity contribution in [2.45, 2.75) is 25.7 Å². The molecule has 0 unspecified atom stereocenters. The van der Waals surface area contributed by atoms with Gasteiger partial charge in [0, 0.05) is 23.9 Å². The van der Waals surface area contributed by atoms with Gasteiger partial charge in [-0.2, -0.15) is 0 Å². The molecule has 1 fully saturated rings. The molecule has 7 nitrogen and oxygen atoms in total. The van der Waals surface area contributed by atoms with Gasteiger partial charge in [0.15, 0.2) is 0 Å². The van der Waals surface area contributed by atoms with E-state index in [1.165, 1.54) is 6.07 Å². The van der Waals surface area contributed by atoms with E-state index in [0.717, 1.165) is 37.2 Å². The molecule has 1 aliphatic heterocycles. The number of anilines is 1. The number of carbonyl (C=O) groups is 1. The molecule has 7 heteroatoms. The van der Waals surface area contributed by atoms with Gasteiger partial charge in [-0.05, 0) is 56.6 Å². The predicted octanol–water partition coefficient (Wildman–Crippen LogP) is 3.12. The summed E-state index contributed by atoms with van der Waals surface area (Å²) >= 11 is 0. The number of hydrogen-bond acceptors (Lipinski definition) is 5. The Morgan fingerprint density at radius 3 is 2.73 bits per heavy atom. The third-order valence-electron chi connectivity index (χ3n) is 4.68. The predicted molar refractivity (Wildman–Crippen MR) is 99.1 cm³/mol. The number of hydrogen-bond donors (Lipinski definition) is 1. The molecule has 2 aromatic rings. The average Bonchev–Trinajstić information content (AvgIpc) is 2.63. The van der Waals surface area contributed by atoms with Crippen LogP contribution in [0.4, 0.5) is 11.4 Å². The summed E-state index contributed by atoms with van der Waals surface area (Å²) in [6.07, 6.45) is 3.72. The van der Waals surface area contributed by atoms with Gasteiger partial charge in [-0.25, -0.2) is 0 Å². The van der Waals surface area contributed by atoms with Gasteiger partial charge in [0.25, 0.3) is 5.69 Å². The van der Waals surface area contributed by atoms with Crippen LogP contribution in [0, 0.1) is 17.0 Å². The first-order valence-corrected chi connectivity index (χ1v) is 8.71. The summed E-state index contributed by atoms with van der Waals surface area (Å²) in [5.41, 5.74) is 2.13. The number of piperidine rings is 1. The van der Waals surface area contributed by atoms with E-state index in [9.17, 15) is 14.9 Å². The Bertz CT molecular complexity index is 787. The fourth-order valence-electron chi connectivity index (χ4n) is 3.31. The van der Waals surface area contributed by atoms with Crippen molar-refractivity contribution in [1.82, 2.24) is 9.88 Å². The zero-order chi connectivity index (χ0) is 18.5. The highest BCUT2D eigenvalue weighted by atomic mass is 16.6.